The van der Waals surface area contributed by atoms with Crippen LogP contribution in [0, 0.1) is 0 Å². The van der Waals surface area contributed by atoms with Crippen molar-refractivity contribution in [1.82, 2.24) is 5.32 Å². The Balaban J connectivity index is 3.06. The van der Waals surface area contributed by atoms with E-state index in [4.69, 9.17) is 8.92 Å². The molecule has 0 aliphatic carbocycles. The first-order valence-electron chi connectivity index (χ1n) is 7.89. The number of hydrogen-bond donors (Lipinski definition) is 2. The molecule has 0 fully saturated rings. The Labute approximate surface area is 153 Å². The topological polar surface area (TPSA) is 119 Å². The van der Waals surface area contributed by atoms with Gasteiger partial charge in [-0.15, -0.1) is 0 Å². The molecule has 26 heavy (non-hydrogen) atoms. The number of carbonyl (C=O) groups is 2. The van der Waals surface area contributed by atoms with Gasteiger partial charge in [-0.25, -0.2) is 4.79 Å². The Morgan fingerprint density at radius 1 is 1.19 bits per heavy atom. The van der Waals surface area contributed by atoms with Crippen molar-refractivity contribution >= 4 is 22.2 Å². The SMILES string of the molecule is CC(C)(C)OC(=O)NCC(C)(CC(=O)O)c1cccc(OS(C)(=O)=O)c1. The molecule has 0 aromatic heterocycles. The zero-order valence-corrected chi connectivity index (χ0v) is 16.3. The summed E-state index contributed by atoms with van der Waals surface area (Å²) in [4.78, 5) is 23.2. The third kappa shape index (κ3) is 7.73. The number of benzene rings is 1. The Kier molecular flexibility index (Phi) is 6.65. The Morgan fingerprint density at radius 2 is 1.81 bits per heavy atom. The fourth-order valence-electron chi connectivity index (χ4n) is 2.28. The average Bonchev–Trinajstić information content (AvgIpc) is 2.41. The van der Waals surface area contributed by atoms with Gasteiger partial charge in [-0.1, -0.05) is 19.1 Å². The fourth-order valence-corrected chi connectivity index (χ4v) is 2.73. The standard InChI is InChI=1S/C17H25NO7S/c1-16(2,3)24-15(21)18-11-17(4,10-14(19)20)12-7-6-8-13(9-12)25-26(5,22)23/h6-9H,10-11H2,1-5H3,(H,18,21)(H,19,20). The summed E-state index contributed by atoms with van der Waals surface area (Å²) < 4.78 is 32.6. The zero-order valence-electron chi connectivity index (χ0n) is 15.5. The lowest BCUT2D eigenvalue weighted by Crippen LogP contribution is -2.42. The number of carboxylic acids is 1. The number of ether oxygens (including phenoxy) is 1. The van der Waals surface area contributed by atoms with Gasteiger partial charge in [-0.05, 0) is 38.5 Å². The number of carbonyl (C=O) groups excluding carboxylic acids is 1. The summed E-state index contributed by atoms with van der Waals surface area (Å²) in [6.07, 6.45) is -0.0386. The van der Waals surface area contributed by atoms with Gasteiger partial charge in [-0.2, -0.15) is 8.42 Å². The molecule has 1 unspecified atom stereocenters. The lowest BCUT2D eigenvalue weighted by Gasteiger charge is -2.30. The molecule has 2 N–H and O–H groups in total. The van der Waals surface area contributed by atoms with E-state index in [1.807, 2.05) is 0 Å². The van der Waals surface area contributed by atoms with E-state index in [0.29, 0.717) is 5.56 Å². The van der Waals surface area contributed by atoms with Crippen LogP contribution < -0.4 is 9.50 Å². The molecule has 0 bridgehead atoms. The first-order chi connectivity index (χ1) is 11.7. The lowest BCUT2D eigenvalue weighted by atomic mass is 9.79. The molecule has 1 aromatic carbocycles. The minimum Gasteiger partial charge on any atom is -0.481 e. The van der Waals surface area contributed by atoms with Gasteiger partial charge in [-0.3, -0.25) is 4.79 Å². The largest absolute Gasteiger partial charge is 0.481 e. The van der Waals surface area contributed by atoms with Crippen molar-refractivity contribution in [2.45, 2.75) is 45.1 Å². The van der Waals surface area contributed by atoms with Crippen molar-refractivity contribution in [2.24, 2.45) is 0 Å². The van der Waals surface area contributed by atoms with Gasteiger partial charge in [0.2, 0.25) is 0 Å². The van der Waals surface area contributed by atoms with E-state index in [9.17, 15) is 23.1 Å². The second-order valence-corrected chi connectivity index (χ2v) is 8.88. The molecule has 1 rings (SSSR count). The quantitative estimate of drug-likeness (QED) is 0.689. The normalized spacial score (nSPS) is 14.2. The Morgan fingerprint density at radius 3 is 2.31 bits per heavy atom. The summed E-state index contributed by atoms with van der Waals surface area (Å²) in [7, 11) is -3.71. The lowest BCUT2D eigenvalue weighted by molar-refractivity contribution is -0.138. The molecular formula is C17H25NO7S. The molecular weight excluding hydrogens is 362 g/mol. The molecule has 1 aromatic rings. The van der Waals surface area contributed by atoms with Crippen LogP contribution in [0.2, 0.25) is 0 Å². The molecule has 0 spiro atoms. The average molecular weight is 387 g/mol. The van der Waals surface area contributed by atoms with E-state index < -0.39 is 33.2 Å². The van der Waals surface area contributed by atoms with Gasteiger partial charge in [0.15, 0.2) is 0 Å². The molecule has 0 aliphatic heterocycles. The molecule has 9 heteroatoms. The second kappa shape index (κ2) is 7.94. The second-order valence-electron chi connectivity index (χ2n) is 7.30. The summed E-state index contributed by atoms with van der Waals surface area (Å²) >= 11 is 0. The van der Waals surface area contributed by atoms with E-state index in [0.717, 1.165) is 6.26 Å². The minimum atomic E-state index is -3.71. The smallest absolute Gasteiger partial charge is 0.407 e. The maximum Gasteiger partial charge on any atom is 0.407 e. The number of hydrogen-bond acceptors (Lipinski definition) is 6. The Hall–Kier alpha value is -2.29. The first kappa shape index (κ1) is 21.8. The van der Waals surface area contributed by atoms with Crippen molar-refractivity contribution in [3.05, 3.63) is 29.8 Å². The summed E-state index contributed by atoms with van der Waals surface area (Å²) in [6.45, 7) is 6.79. The van der Waals surface area contributed by atoms with Gasteiger partial charge in [0, 0.05) is 12.0 Å². The van der Waals surface area contributed by atoms with E-state index in [2.05, 4.69) is 5.32 Å². The van der Waals surface area contributed by atoms with Crippen molar-refractivity contribution in [3.8, 4) is 5.75 Å². The van der Waals surface area contributed by atoms with E-state index in [-0.39, 0.29) is 18.7 Å². The van der Waals surface area contributed by atoms with Gasteiger partial charge in [0.05, 0.1) is 12.7 Å². The van der Waals surface area contributed by atoms with Crippen LogP contribution in [-0.4, -0.2) is 44.0 Å². The third-order valence-electron chi connectivity index (χ3n) is 3.34. The van der Waals surface area contributed by atoms with Crippen LogP contribution in [0.25, 0.3) is 0 Å². The van der Waals surface area contributed by atoms with E-state index >= 15 is 0 Å². The van der Waals surface area contributed by atoms with E-state index in [1.54, 1.807) is 39.8 Å². The van der Waals surface area contributed by atoms with Gasteiger partial charge < -0.3 is 19.3 Å². The highest BCUT2D eigenvalue weighted by Gasteiger charge is 2.31. The predicted molar refractivity (Wildman–Crippen MR) is 95.8 cm³/mol. The first-order valence-corrected chi connectivity index (χ1v) is 9.70. The molecule has 0 radical (unpaired) electrons. The molecule has 0 saturated carbocycles. The van der Waals surface area contributed by atoms with Gasteiger partial charge in [0.1, 0.15) is 11.4 Å². The summed E-state index contributed by atoms with van der Waals surface area (Å²) in [6, 6.07) is 6.10. The van der Waals surface area contributed by atoms with Crippen molar-refractivity contribution < 1.29 is 32.0 Å². The van der Waals surface area contributed by atoms with Crippen molar-refractivity contribution in [1.29, 1.82) is 0 Å². The third-order valence-corrected chi connectivity index (χ3v) is 3.84. The Bertz CT molecular complexity index is 768. The number of amides is 1. The summed E-state index contributed by atoms with van der Waals surface area (Å²) in [5.74, 6) is -0.994. The number of nitrogens with one attached hydrogen (secondary N) is 1. The number of rotatable bonds is 7. The summed E-state index contributed by atoms with van der Waals surface area (Å²) in [5.41, 5.74) is -1.17. The highest BCUT2D eigenvalue weighted by Crippen LogP contribution is 2.30. The molecule has 8 nitrogen and oxygen atoms in total. The number of aliphatic carboxylic acids is 1. The summed E-state index contributed by atoms with van der Waals surface area (Å²) in [5, 5.41) is 11.8. The number of carboxylic acid groups (broad SMARTS) is 1. The van der Waals surface area contributed by atoms with Crippen LogP contribution in [0.3, 0.4) is 0 Å². The van der Waals surface area contributed by atoms with Crippen LogP contribution >= 0.6 is 0 Å². The molecule has 1 amide bonds. The fraction of sp³-hybridized carbons (Fsp3) is 0.529. The van der Waals surface area contributed by atoms with Crippen molar-refractivity contribution in [3.63, 3.8) is 0 Å². The van der Waals surface area contributed by atoms with Crippen LogP contribution in [-0.2, 0) is 25.1 Å². The predicted octanol–water partition coefficient (Wildman–Crippen LogP) is 2.28. The van der Waals surface area contributed by atoms with Crippen LogP contribution in [0.15, 0.2) is 24.3 Å². The van der Waals surface area contributed by atoms with E-state index in [1.165, 1.54) is 12.1 Å². The van der Waals surface area contributed by atoms with Crippen molar-refractivity contribution in [2.75, 3.05) is 12.8 Å². The molecule has 0 aliphatic rings. The molecule has 146 valence electrons. The number of alkyl carbamates (subject to hydrolysis) is 1. The maximum absolute atomic E-state index is 11.9. The van der Waals surface area contributed by atoms with Crippen LogP contribution in [0.5, 0.6) is 5.75 Å². The highest BCUT2D eigenvalue weighted by atomic mass is 32.2. The minimum absolute atomic E-state index is 0.0173. The van der Waals surface area contributed by atoms with Gasteiger partial charge >= 0.3 is 22.2 Å². The van der Waals surface area contributed by atoms with Crippen LogP contribution in [0.1, 0.15) is 39.7 Å². The van der Waals surface area contributed by atoms with Crippen LogP contribution in [0.4, 0.5) is 4.79 Å². The monoisotopic (exact) mass is 387 g/mol. The highest BCUT2D eigenvalue weighted by molar-refractivity contribution is 7.86. The maximum atomic E-state index is 11.9. The molecule has 0 saturated heterocycles. The van der Waals surface area contributed by atoms with Gasteiger partial charge in [0.25, 0.3) is 0 Å². The molecule has 1 atom stereocenters. The molecule has 0 heterocycles. The zero-order chi connectivity index (χ0) is 20.2.